The molecule has 2 rings (SSSR count). The number of hydrogen-bond donors (Lipinski definition) is 1. The first-order chi connectivity index (χ1) is 9.70. The number of ether oxygens (including phenoxy) is 2. The minimum atomic E-state index is -0.465. The monoisotopic (exact) mass is 272 g/mol. The van der Waals surface area contributed by atoms with Gasteiger partial charge >= 0.3 is 0 Å². The first-order valence-corrected chi connectivity index (χ1v) is 6.19. The van der Waals surface area contributed by atoms with Crippen molar-refractivity contribution in [2.75, 3.05) is 20.3 Å². The minimum Gasteiger partial charge on any atom is -0.491 e. The van der Waals surface area contributed by atoms with Crippen molar-refractivity contribution in [2.24, 2.45) is 5.73 Å². The summed E-state index contributed by atoms with van der Waals surface area (Å²) in [4.78, 5) is 15.4. The third-order valence-corrected chi connectivity index (χ3v) is 2.75. The van der Waals surface area contributed by atoms with Gasteiger partial charge in [0, 0.05) is 24.4 Å². The Kier molecular flexibility index (Phi) is 4.68. The molecule has 104 valence electrons. The number of hydrogen-bond acceptors (Lipinski definition) is 4. The SMILES string of the molecule is COCCOc1ccc(-c2cc(C(N)=O)ccn2)cc1. The Bertz CT molecular complexity index is 582. The lowest BCUT2D eigenvalue weighted by Gasteiger charge is -2.07. The van der Waals surface area contributed by atoms with Crippen LogP contribution in [0.4, 0.5) is 0 Å². The predicted molar refractivity (Wildman–Crippen MR) is 75.6 cm³/mol. The van der Waals surface area contributed by atoms with Gasteiger partial charge in [0.05, 0.1) is 12.3 Å². The maximum Gasteiger partial charge on any atom is 0.248 e. The minimum absolute atomic E-state index is 0.440. The van der Waals surface area contributed by atoms with Gasteiger partial charge in [-0.15, -0.1) is 0 Å². The molecule has 0 unspecified atom stereocenters. The van der Waals surface area contributed by atoms with Crippen LogP contribution in [0.1, 0.15) is 10.4 Å². The Morgan fingerprint density at radius 1 is 1.20 bits per heavy atom. The second kappa shape index (κ2) is 6.68. The van der Waals surface area contributed by atoms with E-state index in [2.05, 4.69) is 4.98 Å². The molecule has 0 radical (unpaired) electrons. The van der Waals surface area contributed by atoms with Crippen molar-refractivity contribution in [3.63, 3.8) is 0 Å². The summed E-state index contributed by atoms with van der Waals surface area (Å²) in [6.07, 6.45) is 1.57. The Morgan fingerprint density at radius 3 is 2.60 bits per heavy atom. The van der Waals surface area contributed by atoms with Gasteiger partial charge in [0.25, 0.3) is 0 Å². The zero-order chi connectivity index (χ0) is 14.4. The van der Waals surface area contributed by atoms with Gasteiger partial charge in [-0.1, -0.05) is 0 Å². The number of primary amides is 1. The third-order valence-electron chi connectivity index (χ3n) is 2.75. The fourth-order valence-electron chi connectivity index (χ4n) is 1.71. The first kappa shape index (κ1) is 14.0. The lowest BCUT2D eigenvalue weighted by molar-refractivity contribution is 0.1000. The van der Waals surface area contributed by atoms with Crippen LogP contribution >= 0.6 is 0 Å². The fourth-order valence-corrected chi connectivity index (χ4v) is 1.71. The van der Waals surface area contributed by atoms with Crippen molar-refractivity contribution in [2.45, 2.75) is 0 Å². The summed E-state index contributed by atoms with van der Waals surface area (Å²) in [6, 6.07) is 10.7. The quantitative estimate of drug-likeness (QED) is 0.815. The number of nitrogens with zero attached hydrogens (tertiary/aromatic N) is 1. The van der Waals surface area contributed by atoms with E-state index in [0.717, 1.165) is 11.3 Å². The number of rotatable bonds is 6. The second-order valence-corrected chi connectivity index (χ2v) is 4.16. The lowest BCUT2D eigenvalue weighted by Crippen LogP contribution is -2.10. The molecule has 5 nitrogen and oxygen atoms in total. The number of carbonyl (C=O) groups excluding carboxylic acids is 1. The molecule has 1 heterocycles. The van der Waals surface area contributed by atoms with Gasteiger partial charge in [-0.2, -0.15) is 0 Å². The van der Waals surface area contributed by atoms with Crippen molar-refractivity contribution in [3.8, 4) is 17.0 Å². The molecule has 2 N–H and O–H groups in total. The van der Waals surface area contributed by atoms with Crippen LogP contribution < -0.4 is 10.5 Å². The van der Waals surface area contributed by atoms with Gasteiger partial charge in [-0.05, 0) is 36.4 Å². The van der Waals surface area contributed by atoms with Gasteiger partial charge in [0.1, 0.15) is 12.4 Å². The van der Waals surface area contributed by atoms with Crippen LogP contribution in [-0.4, -0.2) is 31.2 Å². The number of carbonyl (C=O) groups is 1. The average Bonchev–Trinajstić information content (AvgIpc) is 2.48. The van der Waals surface area contributed by atoms with Gasteiger partial charge in [-0.25, -0.2) is 0 Å². The van der Waals surface area contributed by atoms with Crippen molar-refractivity contribution in [3.05, 3.63) is 48.2 Å². The summed E-state index contributed by atoms with van der Waals surface area (Å²) < 4.78 is 10.4. The van der Waals surface area contributed by atoms with Crippen LogP contribution in [0.25, 0.3) is 11.3 Å². The highest BCUT2D eigenvalue weighted by atomic mass is 16.5. The van der Waals surface area contributed by atoms with E-state index < -0.39 is 5.91 Å². The summed E-state index contributed by atoms with van der Waals surface area (Å²) in [7, 11) is 1.63. The van der Waals surface area contributed by atoms with Gasteiger partial charge in [0.15, 0.2) is 0 Å². The van der Waals surface area contributed by atoms with Crippen molar-refractivity contribution in [1.29, 1.82) is 0 Å². The standard InChI is InChI=1S/C15H16N2O3/c1-19-8-9-20-13-4-2-11(3-5-13)14-10-12(15(16)18)6-7-17-14/h2-7,10H,8-9H2,1H3,(H2,16,18). The third kappa shape index (κ3) is 3.55. The molecule has 1 aromatic heterocycles. The maximum absolute atomic E-state index is 11.1. The predicted octanol–water partition coefficient (Wildman–Crippen LogP) is 1.87. The first-order valence-electron chi connectivity index (χ1n) is 6.19. The smallest absolute Gasteiger partial charge is 0.248 e. The number of aromatic nitrogens is 1. The van der Waals surface area contributed by atoms with E-state index in [1.165, 1.54) is 0 Å². The van der Waals surface area contributed by atoms with Crippen LogP contribution in [0.2, 0.25) is 0 Å². The molecule has 0 saturated heterocycles. The van der Waals surface area contributed by atoms with Crippen LogP contribution in [-0.2, 0) is 4.74 Å². The molecule has 0 fully saturated rings. The summed E-state index contributed by atoms with van der Waals surface area (Å²) in [5.74, 6) is 0.296. The van der Waals surface area contributed by atoms with E-state index in [1.54, 1.807) is 25.4 Å². The zero-order valence-corrected chi connectivity index (χ0v) is 11.2. The highest BCUT2D eigenvalue weighted by molar-refractivity contribution is 5.93. The molecule has 1 amide bonds. The molecule has 0 aliphatic rings. The number of pyridine rings is 1. The molecule has 0 aliphatic carbocycles. The molecule has 0 bridgehead atoms. The molecular weight excluding hydrogens is 256 g/mol. The van der Waals surface area contributed by atoms with Gasteiger partial charge in [-0.3, -0.25) is 9.78 Å². The summed E-state index contributed by atoms with van der Waals surface area (Å²) in [6.45, 7) is 1.05. The number of nitrogens with two attached hydrogens (primary N) is 1. The van der Waals surface area contributed by atoms with E-state index in [9.17, 15) is 4.79 Å². The molecule has 0 saturated carbocycles. The Labute approximate surface area is 117 Å². The number of benzene rings is 1. The van der Waals surface area contributed by atoms with Crippen LogP contribution in [0.15, 0.2) is 42.6 Å². The van der Waals surface area contributed by atoms with E-state index in [0.29, 0.717) is 24.5 Å². The largest absolute Gasteiger partial charge is 0.491 e. The van der Waals surface area contributed by atoms with E-state index in [4.69, 9.17) is 15.2 Å². The molecule has 2 aromatic rings. The highest BCUT2D eigenvalue weighted by Crippen LogP contribution is 2.21. The van der Waals surface area contributed by atoms with Gasteiger partial charge < -0.3 is 15.2 Å². The number of methoxy groups -OCH3 is 1. The molecule has 5 heteroatoms. The number of amides is 1. The normalized spacial score (nSPS) is 10.2. The van der Waals surface area contributed by atoms with Crippen LogP contribution in [0.3, 0.4) is 0 Å². The summed E-state index contributed by atoms with van der Waals surface area (Å²) >= 11 is 0. The van der Waals surface area contributed by atoms with E-state index >= 15 is 0 Å². The topological polar surface area (TPSA) is 74.4 Å². The molecule has 0 aliphatic heterocycles. The van der Waals surface area contributed by atoms with Crippen molar-refractivity contribution >= 4 is 5.91 Å². The average molecular weight is 272 g/mol. The molecule has 0 atom stereocenters. The maximum atomic E-state index is 11.1. The van der Waals surface area contributed by atoms with Crippen molar-refractivity contribution in [1.82, 2.24) is 4.98 Å². The lowest BCUT2D eigenvalue weighted by atomic mass is 10.1. The molecule has 1 aromatic carbocycles. The molecule has 20 heavy (non-hydrogen) atoms. The Balaban J connectivity index is 2.13. The molecular formula is C15H16N2O3. The Hall–Kier alpha value is -2.40. The fraction of sp³-hybridized carbons (Fsp3) is 0.200. The van der Waals surface area contributed by atoms with E-state index in [1.807, 2.05) is 24.3 Å². The Morgan fingerprint density at radius 2 is 1.95 bits per heavy atom. The van der Waals surface area contributed by atoms with E-state index in [-0.39, 0.29) is 0 Å². The highest BCUT2D eigenvalue weighted by Gasteiger charge is 2.04. The zero-order valence-electron chi connectivity index (χ0n) is 11.2. The molecule has 0 spiro atoms. The van der Waals surface area contributed by atoms with Gasteiger partial charge in [0.2, 0.25) is 5.91 Å². The van der Waals surface area contributed by atoms with Crippen LogP contribution in [0.5, 0.6) is 5.75 Å². The van der Waals surface area contributed by atoms with Crippen LogP contribution in [0, 0.1) is 0 Å². The summed E-state index contributed by atoms with van der Waals surface area (Å²) in [5.41, 5.74) is 7.29. The van der Waals surface area contributed by atoms with Crippen molar-refractivity contribution < 1.29 is 14.3 Å². The summed E-state index contributed by atoms with van der Waals surface area (Å²) in [5, 5.41) is 0. The second-order valence-electron chi connectivity index (χ2n) is 4.16.